The van der Waals surface area contributed by atoms with Crippen LogP contribution in [-0.4, -0.2) is 38.6 Å². The summed E-state index contributed by atoms with van der Waals surface area (Å²) in [6, 6.07) is 4.37. The zero-order chi connectivity index (χ0) is 18.7. The minimum Gasteiger partial charge on any atom is -0.461 e. The van der Waals surface area contributed by atoms with E-state index >= 15 is 0 Å². The molecule has 1 N–H and O–H groups in total. The molecule has 136 valence electrons. The lowest BCUT2D eigenvalue weighted by Gasteiger charge is -2.19. The molecule has 0 radical (unpaired) electrons. The van der Waals surface area contributed by atoms with Crippen LogP contribution in [0.3, 0.4) is 0 Å². The highest BCUT2D eigenvalue weighted by molar-refractivity contribution is 7.20. The van der Waals surface area contributed by atoms with Crippen molar-refractivity contribution >= 4 is 45.0 Å². The third-order valence-corrected chi connectivity index (χ3v) is 4.69. The predicted octanol–water partition coefficient (Wildman–Crippen LogP) is 2.90. The van der Waals surface area contributed by atoms with Gasteiger partial charge in [-0.3, -0.25) is 4.79 Å². The van der Waals surface area contributed by atoms with Crippen LogP contribution in [0.1, 0.15) is 23.6 Å². The van der Waals surface area contributed by atoms with E-state index in [9.17, 15) is 9.59 Å². The standard InChI is InChI=1S/C17H17ClN4O3S/c1-10(2)25-17(24)13(8-22-6-5-19-9-22)20-15(23)16-21-12-4-3-11(18)7-14(12)26-16/h3-7,9-10,13H,8H2,1-2H3,(H,20,23)/t13-/m0/s1. The molecular formula is C17H17ClN4O3S. The maximum Gasteiger partial charge on any atom is 0.330 e. The molecule has 2 aromatic heterocycles. The van der Waals surface area contributed by atoms with E-state index in [0.717, 1.165) is 4.70 Å². The lowest BCUT2D eigenvalue weighted by molar-refractivity contribution is -0.150. The molecule has 3 aromatic rings. The molecule has 0 bridgehead atoms. The van der Waals surface area contributed by atoms with Gasteiger partial charge >= 0.3 is 5.97 Å². The molecule has 3 rings (SSSR count). The molecule has 0 unspecified atom stereocenters. The fraction of sp³-hybridized carbons (Fsp3) is 0.294. The van der Waals surface area contributed by atoms with Crippen molar-refractivity contribution in [3.05, 3.63) is 47.0 Å². The van der Waals surface area contributed by atoms with Crippen molar-refractivity contribution in [2.24, 2.45) is 0 Å². The minimum atomic E-state index is -0.852. The fourth-order valence-corrected chi connectivity index (χ4v) is 3.46. The van der Waals surface area contributed by atoms with Crippen molar-refractivity contribution in [3.63, 3.8) is 0 Å². The topological polar surface area (TPSA) is 86.1 Å². The molecule has 1 amide bonds. The minimum absolute atomic E-state index is 0.216. The predicted molar refractivity (Wildman–Crippen MR) is 99.3 cm³/mol. The van der Waals surface area contributed by atoms with E-state index < -0.39 is 17.9 Å². The van der Waals surface area contributed by atoms with Gasteiger partial charge in [-0.15, -0.1) is 11.3 Å². The maximum absolute atomic E-state index is 12.6. The number of carbonyl (C=O) groups excluding carboxylic acids is 2. The molecule has 0 aliphatic carbocycles. The second-order valence-electron chi connectivity index (χ2n) is 5.90. The van der Waals surface area contributed by atoms with Gasteiger partial charge in [0.05, 0.1) is 29.2 Å². The molecule has 0 saturated carbocycles. The number of benzene rings is 1. The quantitative estimate of drug-likeness (QED) is 0.652. The molecule has 9 heteroatoms. The highest BCUT2D eigenvalue weighted by Crippen LogP contribution is 2.25. The van der Waals surface area contributed by atoms with Crippen molar-refractivity contribution < 1.29 is 14.3 Å². The van der Waals surface area contributed by atoms with Gasteiger partial charge < -0.3 is 14.6 Å². The summed E-state index contributed by atoms with van der Waals surface area (Å²) >= 11 is 7.19. The number of nitrogens with one attached hydrogen (secondary N) is 1. The summed E-state index contributed by atoms with van der Waals surface area (Å²) in [4.78, 5) is 33.2. The first-order chi connectivity index (χ1) is 12.4. The number of imidazole rings is 1. The van der Waals surface area contributed by atoms with Crippen LogP contribution in [0.15, 0.2) is 36.9 Å². The summed E-state index contributed by atoms with van der Waals surface area (Å²) in [7, 11) is 0. The molecule has 0 spiro atoms. The number of amides is 1. The Morgan fingerprint density at radius 3 is 2.88 bits per heavy atom. The zero-order valence-electron chi connectivity index (χ0n) is 14.2. The lowest BCUT2D eigenvalue weighted by Crippen LogP contribution is -2.45. The molecule has 0 aliphatic heterocycles. The molecule has 1 atom stereocenters. The average molecular weight is 393 g/mol. The number of aromatic nitrogens is 3. The molecule has 0 aliphatic rings. The summed E-state index contributed by atoms with van der Waals surface area (Å²) in [5, 5.41) is 3.54. The van der Waals surface area contributed by atoms with Gasteiger partial charge in [0.25, 0.3) is 5.91 Å². The summed E-state index contributed by atoms with van der Waals surface area (Å²) in [6.45, 7) is 3.73. The Bertz CT molecular complexity index is 923. The summed E-state index contributed by atoms with van der Waals surface area (Å²) < 4.78 is 7.75. The number of halogens is 1. The van der Waals surface area contributed by atoms with Gasteiger partial charge in [0.1, 0.15) is 6.04 Å². The van der Waals surface area contributed by atoms with Crippen LogP contribution in [-0.2, 0) is 16.1 Å². The van der Waals surface area contributed by atoms with Crippen LogP contribution in [0.25, 0.3) is 10.2 Å². The first kappa shape index (κ1) is 18.3. The Labute approximate surface area is 159 Å². The molecule has 1 aromatic carbocycles. The second-order valence-corrected chi connectivity index (χ2v) is 7.37. The number of hydrogen-bond acceptors (Lipinski definition) is 6. The Kier molecular flexibility index (Phi) is 5.53. The zero-order valence-corrected chi connectivity index (χ0v) is 15.8. The number of ether oxygens (including phenoxy) is 1. The number of hydrogen-bond donors (Lipinski definition) is 1. The molecule has 0 saturated heterocycles. The van der Waals surface area contributed by atoms with Crippen LogP contribution in [0.2, 0.25) is 5.02 Å². The number of carbonyl (C=O) groups is 2. The number of esters is 1. The van der Waals surface area contributed by atoms with Crippen molar-refractivity contribution in [3.8, 4) is 0 Å². The van der Waals surface area contributed by atoms with Crippen molar-refractivity contribution in [1.29, 1.82) is 0 Å². The normalized spacial score (nSPS) is 12.3. The van der Waals surface area contributed by atoms with Crippen LogP contribution < -0.4 is 5.32 Å². The molecular weight excluding hydrogens is 376 g/mol. The molecule has 7 nitrogen and oxygen atoms in total. The summed E-state index contributed by atoms with van der Waals surface area (Å²) in [6.07, 6.45) is 4.60. The van der Waals surface area contributed by atoms with E-state index in [0.29, 0.717) is 10.5 Å². The van der Waals surface area contributed by atoms with E-state index in [4.69, 9.17) is 16.3 Å². The van der Waals surface area contributed by atoms with Gasteiger partial charge in [-0.25, -0.2) is 14.8 Å². The maximum atomic E-state index is 12.6. The fourth-order valence-electron chi connectivity index (χ4n) is 2.31. The number of nitrogens with zero attached hydrogens (tertiary/aromatic N) is 3. The summed E-state index contributed by atoms with van der Waals surface area (Å²) in [5.41, 5.74) is 0.681. The highest BCUT2D eigenvalue weighted by Gasteiger charge is 2.25. The Balaban J connectivity index is 1.79. The first-order valence-electron chi connectivity index (χ1n) is 7.95. The monoisotopic (exact) mass is 392 g/mol. The van der Waals surface area contributed by atoms with Gasteiger partial charge in [-0.05, 0) is 32.0 Å². The number of fused-ring (bicyclic) bond motifs is 1. The summed E-state index contributed by atoms with van der Waals surface area (Å²) in [5.74, 6) is -0.945. The van der Waals surface area contributed by atoms with Crippen molar-refractivity contribution in [2.45, 2.75) is 32.5 Å². The largest absolute Gasteiger partial charge is 0.461 e. The highest BCUT2D eigenvalue weighted by atomic mass is 35.5. The van der Waals surface area contributed by atoms with Crippen molar-refractivity contribution in [1.82, 2.24) is 19.9 Å². The van der Waals surface area contributed by atoms with Crippen LogP contribution in [0.4, 0.5) is 0 Å². The molecule has 0 fully saturated rings. The van der Waals surface area contributed by atoms with E-state index in [2.05, 4.69) is 15.3 Å². The smallest absolute Gasteiger partial charge is 0.330 e. The van der Waals surface area contributed by atoms with Crippen LogP contribution in [0, 0.1) is 0 Å². The van der Waals surface area contributed by atoms with Gasteiger partial charge in [-0.1, -0.05) is 11.6 Å². The first-order valence-corrected chi connectivity index (χ1v) is 9.15. The number of rotatable bonds is 6. The lowest BCUT2D eigenvalue weighted by atomic mass is 10.2. The van der Waals surface area contributed by atoms with E-state index in [1.807, 2.05) is 0 Å². The molecule has 2 heterocycles. The second kappa shape index (κ2) is 7.84. The average Bonchev–Trinajstić information content (AvgIpc) is 3.22. The third kappa shape index (κ3) is 4.39. The van der Waals surface area contributed by atoms with E-state index in [-0.39, 0.29) is 17.7 Å². The Morgan fingerprint density at radius 1 is 1.38 bits per heavy atom. The van der Waals surface area contributed by atoms with Gasteiger partial charge in [0.2, 0.25) is 0 Å². The van der Waals surface area contributed by atoms with E-state index in [1.165, 1.54) is 11.3 Å². The SMILES string of the molecule is CC(C)OC(=O)[C@H](Cn1ccnc1)NC(=O)c1nc2ccc(Cl)cc2s1. The molecule has 26 heavy (non-hydrogen) atoms. The van der Waals surface area contributed by atoms with Crippen LogP contribution in [0.5, 0.6) is 0 Å². The van der Waals surface area contributed by atoms with Gasteiger partial charge in [0, 0.05) is 17.4 Å². The van der Waals surface area contributed by atoms with Gasteiger partial charge in [0.15, 0.2) is 5.01 Å². The Hall–Kier alpha value is -2.45. The Morgan fingerprint density at radius 2 is 2.19 bits per heavy atom. The third-order valence-electron chi connectivity index (χ3n) is 3.44. The van der Waals surface area contributed by atoms with Crippen molar-refractivity contribution in [2.75, 3.05) is 0 Å². The van der Waals surface area contributed by atoms with E-state index in [1.54, 1.807) is 55.3 Å². The van der Waals surface area contributed by atoms with Gasteiger partial charge in [-0.2, -0.15) is 0 Å². The van der Waals surface area contributed by atoms with Crippen LogP contribution >= 0.6 is 22.9 Å². The number of thiazole rings is 1.